The molecule has 6 nitrogen and oxygen atoms in total. The van der Waals surface area contributed by atoms with Gasteiger partial charge in [-0.05, 0) is 32.9 Å². The molecule has 0 aliphatic rings. The van der Waals surface area contributed by atoms with E-state index in [-0.39, 0.29) is 24.5 Å². The summed E-state index contributed by atoms with van der Waals surface area (Å²) in [5, 5.41) is 2.67. The van der Waals surface area contributed by atoms with Crippen molar-refractivity contribution in [3.63, 3.8) is 0 Å². The van der Waals surface area contributed by atoms with Crippen molar-refractivity contribution in [3.05, 3.63) is 29.6 Å². The van der Waals surface area contributed by atoms with Crippen molar-refractivity contribution in [2.75, 3.05) is 20.3 Å². The average molecular weight is 355 g/mol. The summed E-state index contributed by atoms with van der Waals surface area (Å²) in [5.41, 5.74) is -0.919. The van der Waals surface area contributed by atoms with E-state index in [0.717, 1.165) is 12.1 Å². The molecule has 0 aromatic heterocycles. The first-order valence-corrected chi connectivity index (χ1v) is 7.91. The fraction of sp³-hybridized carbons (Fsp3) is 0.556. The molecule has 0 fully saturated rings. The van der Waals surface area contributed by atoms with E-state index in [1.807, 2.05) is 13.8 Å². The maximum Gasteiger partial charge on any atom is 0.407 e. The van der Waals surface area contributed by atoms with E-state index in [1.165, 1.54) is 13.2 Å². The largest absolute Gasteiger partial charge is 0.492 e. The van der Waals surface area contributed by atoms with Gasteiger partial charge in [0.25, 0.3) is 0 Å². The van der Waals surface area contributed by atoms with Crippen LogP contribution in [0.4, 0.5) is 9.18 Å². The second-order valence-corrected chi connectivity index (χ2v) is 7.44. The van der Waals surface area contributed by atoms with Crippen LogP contribution in [0.1, 0.15) is 45.0 Å². The molecule has 1 aromatic rings. The van der Waals surface area contributed by atoms with Gasteiger partial charge in [0.1, 0.15) is 22.7 Å². The topological polar surface area (TPSA) is 73.9 Å². The minimum Gasteiger partial charge on any atom is -0.492 e. The van der Waals surface area contributed by atoms with Crippen LogP contribution in [0.2, 0.25) is 0 Å². The van der Waals surface area contributed by atoms with Gasteiger partial charge in [-0.2, -0.15) is 0 Å². The summed E-state index contributed by atoms with van der Waals surface area (Å²) in [6.45, 7) is 9.49. The van der Waals surface area contributed by atoms with E-state index >= 15 is 0 Å². The van der Waals surface area contributed by atoms with Crippen molar-refractivity contribution in [1.29, 1.82) is 0 Å². The monoisotopic (exact) mass is 355 g/mol. The van der Waals surface area contributed by atoms with E-state index in [0.29, 0.717) is 0 Å². The van der Waals surface area contributed by atoms with E-state index in [4.69, 9.17) is 9.47 Å². The Labute approximate surface area is 147 Å². The lowest BCUT2D eigenvalue weighted by molar-refractivity contribution is 0.0492. The van der Waals surface area contributed by atoms with E-state index in [9.17, 15) is 14.0 Å². The zero-order chi connectivity index (χ0) is 19.3. The molecule has 0 saturated carbocycles. The number of ether oxygens (including phenoxy) is 3. The molecule has 1 N–H and O–H groups in total. The Morgan fingerprint density at radius 3 is 2.36 bits per heavy atom. The van der Waals surface area contributed by atoms with Crippen LogP contribution >= 0.6 is 0 Å². The maximum atomic E-state index is 13.4. The van der Waals surface area contributed by atoms with Crippen LogP contribution in [-0.4, -0.2) is 37.9 Å². The van der Waals surface area contributed by atoms with Gasteiger partial charge in [-0.3, -0.25) is 0 Å². The van der Waals surface area contributed by atoms with Crippen LogP contribution in [0.5, 0.6) is 5.75 Å². The molecule has 25 heavy (non-hydrogen) atoms. The van der Waals surface area contributed by atoms with Crippen LogP contribution in [0.15, 0.2) is 18.2 Å². The third-order valence-corrected chi connectivity index (χ3v) is 3.08. The molecule has 0 saturated heterocycles. The first-order chi connectivity index (χ1) is 11.4. The van der Waals surface area contributed by atoms with E-state index in [2.05, 4.69) is 10.1 Å². The average Bonchev–Trinajstić information content (AvgIpc) is 2.49. The number of hydrogen-bond acceptors (Lipinski definition) is 5. The van der Waals surface area contributed by atoms with Gasteiger partial charge >= 0.3 is 12.1 Å². The van der Waals surface area contributed by atoms with Crippen molar-refractivity contribution >= 4 is 12.1 Å². The predicted octanol–water partition coefficient (Wildman–Crippen LogP) is 3.54. The Hall–Kier alpha value is -2.31. The number of carbonyl (C=O) groups is 2. The quantitative estimate of drug-likeness (QED) is 0.790. The number of rotatable bonds is 6. The summed E-state index contributed by atoms with van der Waals surface area (Å²) in [5.74, 6) is -1.04. The van der Waals surface area contributed by atoms with Crippen molar-refractivity contribution in [3.8, 4) is 5.75 Å². The number of amides is 1. The van der Waals surface area contributed by atoms with Gasteiger partial charge in [-0.25, -0.2) is 14.0 Å². The molecule has 0 aliphatic carbocycles. The number of alkyl carbamates (subject to hydrolysis) is 1. The normalized spacial score (nSPS) is 11.6. The number of esters is 1. The van der Waals surface area contributed by atoms with Gasteiger partial charge in [0.15, 0.2) is 0 Å². The zero-order valence-corrected chi connectivity index (χ0v) is 15.6. The highest BCUT2D eigenvalue weighted by Gasteiger charge is 2.24. The standard InChI is InChI=1S/C18H26FNO5/c1-17(2,3)25-16(22)20-10-18(4,5)11-24-14-9-12(19)7-8-13(14)15(21)23-6/h7-9H,10-11H2,1-6H3,(H,20,22). The third-order valence-electron chi connectivity index (χ3n) is 3.08. The summed E-state index contributed by atoms with van der Waals surface area (Å²) in [6, 6.07) is 3.60. The SMILES string of the molecule is COC(=O)c1ccc(F)cc1OCC(C)(C)CNC(=O)OC(C)(C)C. The third kappa shape index (κ3) is 7.41. The van der Waals surface area contributed by atoms with E-state index < -0.39 is 28.9 Å². The maximum absolute atomic E-state index is 13.4. The Balaban J connectivity index is 2.68. The molecule has 1 amide bonds. The van der Waals surface area contributed by atoms with Gasteiger partial charge in [-0.15, -0.1) is 0 Å². The molecule has 0 bridgehead atoms. The molecule has 1 rings (SSSR count). The van der Waals surface area contributed by atoms with Crippen LogP contribution < -0.4 is 10.1 Å². The molecular weight excluding hydrogens is 329 g/mol. The van der Waals surface area contributed by atoms with Crippen molar-refractivity contribution in [2.24, 2.45) is 5.41 Å². The van der Waals surface area contributed by atoms with Gasteiger partial charge in [0, 0.05) is 18.0 Å². The fourth-order valence-corrected chi connectivity index (χ4v) is 1.84. The van der Waals surface area contributed by atoms with E-state index in [1.54, 1.807) is 20.8 Å². The summed E-state index contributed by atoms with van der Waals surface area (Å²) in [4.78, 5) is 23.4. The molecule has 0 heterocycles. The van der Waals surface area contributed by atoms with Crippen molar-refractivity contribution < 1.29 is 28.2 Å². The lowest BCUT2D eigenvalue weighted by atomic mass is 9.95. The minimum absolute atomic E-state index is 0.0946. The summed E-state index contributed by atoms with van der Waals surface area (Å²) in [6.07, 6.45) is -0.526. The molecule has 0 atom stereocenters. The number of carbonyl (C=O) groups excluding carboxylic acids is 2. The van der Waals surface area contributed by atoms with Gasteiger partial charge < -0.3 is 19.5 Å². The smallest absolute Gasteiger partial charge is 0.407 e. The predicted molar refractivity (Wildman–Crippen MR) is 91.3 cm³/mol. The first-order valence-electron chi connectivity index (χ1n) is 7.91. The lowest BCUT2D eigenvalue weighted by Crippen LogP contribution is -2.40. The highest BCUT2D eigenvalue weighted by atomic mass is 19.1. The number of halogens is 1. The molecule has 0 spiro atoms. The molecular formula is C18H26FNO5. The summed E-state index contributed by atoms with van der Waals surface area (Å²) >= 11 is 0. The highest BCUT2D eigenvalue weighted by Crippen LogP contribution is 2.24. The van der Waals surface area contributed by atoms with Crippen LogP contribution in [0.3, 0.4) is 0 Å². The van der Waals surface area contributed by atoms with Crippen LogP contribution in [-0.2, 0) is 9.47 Å². The number of methoxy groups -OCH3 is 1. The van der Waals surface area contributed by atoms with Gasteiger partial charge in [0.2, 0.25) is 0 Å². The van der Waals surface area contributed by atoms with Crippen LogP contribution in [0, 0.1) is 11.2 Å². The lowest BCUT2D eigenvalue weighted by Gasteiger charge is -2.27. The highest BCUT2D eigenvalue weighted by molar-refractivity contribution is 5.92. The Morgan fingerprint density at radius 1 is 1.16 bits per heavy atom. The van der Waals surface area contributed by atoms with Crippen LogP contribution in [0.25, 0.3) is 0 Å². The molecule has 0 aliphatic heterocycles. The van der Waals surface area contributed by atoms with Crippen molar-refractivity contribution in [1.82, 2.24) is 5.32 Å². The number of benzene rings is 1. The summed E-state index contributed by atoms with van der Waals surface area (Å²) < 4.78 is 28.9. The molecule has 0 radical (unpaired) electrons. The zero-order valence-electron chi connectivity index (χ0n) is 15.6. The number of nitrogens with one attached hydrogen (secondary N) is 1. The Morgan fingerprint density at radius 2 is 1.80 bits per heavy atom. The number of hydrogen-bond donors (Lipinski definition) is 1. The second kappa shape index (κ2) is 8.18. The van der Waals surface area contributed by atoms with Crippen molar-refractivity contribution in [2.45, 2.75) is 40.2 Å². The van der Waals surface area contributed by atoms with Gasteiger partial charge in [-0.1, -0.05) is 13.8 Å². The minimum atomic E-state index is -0.611. The second-order valence-electron chi connectivity index (χ2n) is 7.44. The molecule has 1 aromatic carbocycles. The molecule has 7 heteroatoms. The molecule has 140 valence electrons. The summed E-state index contributed by atoms with van der Waals surface area (Å²) in [7, 11) is 1.24. The Kier molecular flexibility index (Phi) is 6.78. The Bertz CT molecular complexity index is 622. The van der Waals surface area contributed by atoms with Gasteiger partial charge in [0.05, 0.1) is 13.7 Å². The molecule has 0 unspecified atom stereocenters. The fourth-order valence-electron chi connectivity index (χ4n) is 1.84. The first kappa shape index (κ1) is 20.7.